The molecule has 1 saturated heterocycles. The third-order valence-electron chi connectivity index (χ3n) is 7.22. The van der Waals surface area contributed by atoms with Crippen molar-refractivity contribution in [2.45, 2.75) is 18.9 Å². The SMILES string of the molecule is Bc1ccc(Nc2cc(=O)n(C)c3c2c(=O)n(C2CC2)c(=O)n3-c2cccc(N3CCOCC3)c2)c(F)c1. The maximum Gasteiger partial charge on any atom is 0.337 e. The largest absolute Gasteiger partial charge is 0.378 e. The van der Waals surface area contributed by atoms with Gasteiger partial charge in [0.1, 0.15) is 24.7 Å². The molecule has 194 valence electrons. The number of anilines is 3. The number of morpholine rings is 1. The van der Waals surface area contributed by atoms with Crippen LogP contribution in [0.4, 0.5) is 21.5 Å². The zero-order chi connectivity index (χ0) is 26.6. The van der Waals surface area contributed by atoms with Gasteiger partial charge in [-0.3, -0.25) is 18.7 Å². The fourth-order valence-electron chi connectivity index (χ4n) is 5.07. The molecule has 4 aromatic rings. The van der Waals surface area contributed by atoms with Crippen molar-refractivity contribution in [2.75, 3.05) is 36.5 Å². The van der Waals surface area contributed by atoms with Gasteiger partial charge in [0.2, 0.25) is 0 Å². The molecule has 2 aromatic heterocycles. The second kappa shape index (κ2) is 9.32. The van der Waals surface area contributed by atoms with E-state index in [4.69, 9.17) is 4.74 Å². The fourth-order valence-corrected chi connectivity index (χ4v) is 5.07. The molecule has 2 aliphatic rings. The highest BCUT2D eigenvalue weighted by atomic mass is 19.1. The Balaban J connectivity index is 1.64. The molecule has 1 saturated carbocycles. The van der Waals surface area contributed by atoms with Crippen molar-refractivity contribution in [1.29, 1.82) is 0 Å². The van der Waals surface area contributed by atoms with Crippen molar-refractivity contribution in [3.8, 4) is 5.69 Å². The average molecular weight is 515 g/mol. The van der Waals surface area contributed by atoms with Crippen molar-refractivity contribution in [2.24, 2.45) is 7.05 Å². The molecule has 0 amide bonds. The summed E-state index contributed by atoms with van der Waals surface area (Å²) >= 11 is 0. The molecular weight excluding hydrogens is 488 g/mol. The summed E-state index contributed by atoms with van der Waals surface area (Å²) in [6, 6.07) is 13.2. The average Bonchev–Trinajstić information content (AvgIpc) is 3.74. The van der Waals surface area contributed by atoms with Gasteiger partial charge in [0.05, 0.1) is 30.3 Å². The number of fused-ring (bicyclic) bond motifs is 1. The molecule has 0 spiro atoms. The first-order chi connectivity index (χ1) is 18.3. The van der Waals surface area contributed by atoms with Crippen LogP contribution in [0.25, 0.3) is 16.7 Å². The summed E-state index contributed by atoms with van der Waals surface area (Å²) < 4.78 is 24.2. The Kier molecular flexibility index (Phi) is 5.95. The number of aromatic nitrogens is 3. The van der Waals surface area contributed by atoms with E-state index in [2.05, 4.69) is 10.2 Å². The zero-order valence-electron chi connectivity index (χ0n) is 21.2. The minimum atomic E-state index is -0.507. The highest BCUT2D eigenvalue weighted by molar-refractivity contribution is 6.32. The first-order valence-electron chi connectivity index (χ1n) is 12.7. The third-order valence-corrected chi connectivity index (χ3v) is 7.22. The van der Waals surface area contributed by atoms with Crippen molar-refractivity contribution < 1.29 is 9.13 Å². The summed E-state index contributed by atoms with van der Waals surface area (Å²) in [4.78, 5) is 43.0. The van der Waals surface area contributed by atoms with Gasteiger partial charge in [0.25, 0.3) is 11.1 Å². The van der Waals surface area contributed by atoms with Gasteiger partial charge < -0.3 is 15.0 Å². The lowest BCUT2D eigenvalue weighted by Crippen LogP contribution is -2.41. The number of halogens is 1. The molecule has 6 rings (SSSR count). The molecule has 2 fully saturated rings. The quantitative estimate of drug-likeness (QED) is 0.402. The van der Waals surface area contributed by atoms with Gasteiger partial charge in [-0.2, -0.15) is 0 Å². The minimum absolute atomic E-state index is 0.134. The maximum absolute atomic E-state index is 14.8. The van der Waals surface area contributed by atoms with Crippen LogP contribution in [-0.2, 0) is 11.8 Å². The van der Waals surface area contributed by atoms with E-state index in [-0.39, 0.29) is 28.5 Å². The molecule has 0 unspecified atom stereocenters. The second-order valence-corrected chi connectivity index (χ2v) is 9.91. The Bertz CT molecular complexity index is 1750. The fraction of sp³-hybridized carbons (Fsp3) is 0.296. The summed E-state index contributed by atoms with van der Waals surface area (Å²) in [5.41, 5.74) is 1.19. The predicted octanol–water partition coefficient (Wildman–Crippen LogP) is 1.16. The molecule has 2 aromatic carbocycles. The Morgan fingerprint density at radius 3 is 2.42 bits per heavy atom. The number of ether oxygens (including phenoxy) is 1. The van der Waals surface area contributed by atoms with E-state index in [9.17, 15) is 18.8 Å². The van der Waals surface area contributed by atoms with Crippen LogP contribution in [0, 0.1) is 5.82 Å². The van der Waals surface area contributed by atoms with Crippen LogP contribution in [0.5, 0.6) is 0 Å². The van der Waals surface area contributed by atoms with Gasteiger partial charge in [-0.15, -0.1) is 0 Å². The molecule has 0 bridgehead atoms. The summed E-state index contributed by atoms with van der Waals surface area (Å²) in [7, 11) is 3.31. The van der Waals surface area contributed by atoms with Crippen LogP contribution in [0.3, 0.4) is 0 Å². The molecule has 11 heteroatoms. The van der Waals surface area contributed by atoms with E-state index in [1.807, 2.05) is 18.2 Å². The molecule has 38 heavy (non-hydrogen) atoms. The number of aryl methyl sites for hydroxylation is 1. The van der Waals surface area contributed by atoms with Crippen LogP contribution in [0.15, 0.2) is 62.9 Å². The highest BCUT2D eigenvalue weighted by Crippen LogP contribution is 2.34. The summed E-state index contributed by atoms with van der Waals surface area (Å²) in [5.74, 6) is -0.507. The van der Waals surface area contributed by atoms with Gasteiger partial charge in [-0.05, 0) is 43.2 Å². The minimum Gasteiger partial charge on any atom is -0.378 e. The van der Waals surface area contributed by atoms with Crippen LogP contribution in [0.1, 0.15) is 18.9 Å². The second-order valence-electron chi connectivity index (χ2n) is 9.91. The standard InChI is InChI=1S/C27H27BFN5O4/c1-31-23(35)15-22(30-21-8-5-16(28)13-20(21)29)24-25(31)33(27(37)34(26(24)36)17-6-7-17)19-4-2-3-18(14-19)32-9-11-38-12-10-32/h2-5,8,13-15,17,30H,6-7,9-12,28H2,1H3. The Morgan fingerprint density at radius 1 is 0.974 bits per heavy atom. The van der Waals surface area contributed by atoms with Crippen molar-refractivity contribution in [3.63, 3.8) is 0 Å². The highest BCUT2D eigenvalue weighted by Gasteiger charge is 2.31. The summed E-state index contributed by atoms with van der Waals surface area (Å²) in [6.45, 7) is 2.65. The predicted molar refractivity (Wildman–Crippen MR) is 148 cm³/mol. The van der Waals surface area contributed by atoms with Gasteiger partial charge in [-0.25, -0.2) is 13.8 Å². The zero-order valence-corrected chi connectivity index (χ0v) is 21.2. The Morgan fingerprint density at radius 2 is 1.71 bits per heavy atom. The summed E-state index contributed by atoms with van der Waals surface area (Å²) in [6.07, 6.45) is 1.44. The van der Waals surface area contributed by atoms with Gasteiger partial charge >= 0.3 is 5.69 Å². The van der Waals surface area contributed by atoms with E-state index in [0.717, 1.165) is 37.1 Å². The van der Waals surface area contributed by atoms with E-state index in [1.165, 1.54) is 32.9 Å². The third kappa shape index (κ3) is 4.12. The van der Waals surface area contributed by atoms with Gasteiger partial charge in [0, 0.05) is 37.9 Å². The van der Waals surface area contributed by atoms with Crippen LogP contribution in [0.2, 0.25) is 0 Å². The molecule has 0 atom stereocenters. The Hall–Kier alpha value is -4.12. The molecule has 1 aliphatic heterocycles. The van der Waals surface area contributed by atoms with Crippen LogP contribution < -0.4 is 32.5 Å². The van der Waals surface area contributed by atoms with Gasteiger partial charge in [-0.1, -0.05) is 17.6 Å². The monoisotopic (exact) mass is 515 g/mol. The van der Waals surface area contributed by atoms with Crippen molar-refractivity contribution >= 4 is 41.4 Å². The number of pyridine rings is 1. The number of hydrogen-bond donors (Lipinski definition) is 1. The first kappa shape index (κ1) is 24.2. The van der Waals surface area contributed by atoms with Crippen LogP contribution in [-0.4, -0.2) is 47.9 Å². The molecule has 9 nitrogen and oxygen atoms in total. The number of rotatable bonds is 5. The lowest BCUT2D eigenvalue weighted by atomic mass is 9.96. The first-order valence-corrected chi connectivity index (χ1v) is 12.7. The van der Waals surface area contributed by atoms with Crippen molar-refractivity contribution in [3.05, 3.63) is 85.5 Å². The van der Waals surface area contributed by atoms with E-state index in [1.54, 1.807) is 26.0 Å². The lowest BCUT2D eigenvalue weighted by molar-refractivity contribution is 0.122. The molecular formula is C27H27BFN5O4. The van der Waals surface area contributed by atoms with E-state index in [0.29, 0.717) is 18.9 Å². The number of benzene rings is 2. The van der Waals surface area contributed by atoms with Gasteiger partial charge in [0.15, 0.2) is 0 Å². The smallest absolute Gasteiger partial charge is 0.337 e. The topological polar surface area (TPSA) is 90.5 Å². The van der Waals surface area contributed by atoms with E-state index >= 15 is 0 Å². The molecule has 1 aliphatic carbocycles. The Labute approximate surface area is 218 Å². The molecule has 0 radical (unpaired) electrons. The number of hydrogen-bond acceptors (Lipinski definition) is 6. The molecule has 3 heterocycles. The normalized spacial score (nSPS) is 15.7. The van der Waals surface area contributed by atoms with Crippen LogP contribution >= 0.6 is 0 Å². The molecule has 1 N–H and O–H groups in total. The summed E-state index contributed by atoms with van der Waals surface area (Å²) in [5, 5.41) is 3.11. The number of nitrogens with one attached hydrogen (secondary N) is 1. The lowest BCUT2D eigenvalue weighted by Gasteiger charge is -2.29. The maximum atomic E-state index is 14.8. The number of nitrogens with zero attached hydrogens (tertiary/aromatic N) is 4. The van der Waals surface area contributed by atoms with E-state index < -0.39 is 22.6 Å². The van der Waals surface area contributed by atoms with Crippen molar-refractivity contribution in [1.82, 2.24) is 13.7 Å².